The third-order valence-electron chi connectivity index (χ3n) is 3.77. The highest BCUT2D eigenvalue weighted by Gasteiger charge is 2.26. The fraction of sp³-hybridized carbons (Fsp3) is 0.500. The number of carbonyl (C=O) groups is 1. The number of hydrogen-bond donors (Lipinski definition) is 1. The van der Waals surface area contributed by atoms with Gasteiger partial charge in [-0.1, -0.05) is 11.6 Å². The number of anilines is 2. The molecule has 0 saturated carbocycles. The molecular formula is C14H20ClN3O2. The normalized spacial score (nSPS) is 20.0. The summed E-state index contributed by atoms with van der Waals surface area (Å²) in [5, 5.41) is 0.488. The Kier molecular flexibility index (Phi) is 4.40. The molecule has 1 aliphatic heterocycles. The maximum atomic E-state index is 12.0. The fourth-order valence-corrected chi connectivity index (χ4v) is 2.81. The third-order valence-corrected chi connectivity index (χ3v) is 4.06. The van der Waals surface area contributed by atoms with E-state index in [0.29, 0.717) is 28.0 Å². The molecular weight excluding hydrogens is 278 g/mol. The van der Waals surface area contributed by atoms with E-state index in [1.165, 1.54) is 7.11 Å². The standard InChI is InChI=1S/C14H20ClN3O2/c1-9-8-18(5-4-17(9)2)13-11(14(19)20-3)6-10(16)7-12(13)15/h6-7,9H,4-5,8,16H2,1-3H3. The average Bonchev–Trinajstić information content (AvgIpc) is 2.40. The Bertz CT molecular complexity index is 521. The second-order valence-electron chi connectivity index (χ2n) is 5.17. The van der Waals surface area contributed by atoms with Crippen LogP contribution >= 0.6 is 11.6 Å². The zero-order chi connectivity index (χ0) is 14.9. The second kappa shape index (κ2) is 5.89. The molecule has 1 aromatic rings. The van der Waals surface area contributed by atoms with Crippen LogP contribution in [0.2, 0.25) is 5.02 Å². The highest BCUT2D eigenvalue weighted by molar-refractivity contribution is 6.34. The minimum absolute atomic E-state index is 0.392. The van der Waals surface area contributed by atoms with Gasteiger partial charge in [0, 0.05) is 31.4 Å². The molecule has 1 saturated heterocycles. The lowest BCUT2D eigenvalue weighted by Gasteiger charge is -2.39. The Balaban J connectivity index is 2.42. The number of rotatable bonds is 2. The first kappa shape index (κ1) is 14.9. The van der Waals surface area contributed by atoms with Gasteiger partial charge in [-0.05, 0) is 26.1 Å². The molecule has 5 nitrogen and oxygen atoms in total. The number of nitrogens with two attached hydrogens (primary N) is 1. The highest BCUT2D eigenvalue weighted by Crippen LogP contribution is 2.34. The first-order valence-electron chi connectivity index (χ1n) is 6.56. The lowest BCUT2D eigenvalue weighted by Crippen LogP contribution is -2.50. The van der Waals surface area contributed by atoms with E-state index in [4.69, 9.17) is 22.1 Å². The second-order valence-corrected chi connectivity index (χ2v) is 5.57. The van der Waals surface area contributed by atoms with Crippen LogP contribution in [0, 0.1) is 0 Å². The summed E-state index contributed by atoms with van der Waals surface area (Å²) in [5.74, 6) is -0.416. The molecule has 2 rings (SSSR count). The number of carbonyl (C=O) groups excluding carboxylic acids is 1. The van der Waals surface area contributed by atoms with E-state index in [-0.39, 0.29) is 0 Å². The number of likely N-dealkylation sites (N-methyl/N-ethyl adjacent to an activating group) is 1. The van der Waals surface area contributed by atoms with E-state index in [0.717, 1.165) is 19.6 Å². The molecule has 1 aromatic carbocycles. The van der Waals surface area contributed by atoms with Crippen molar-refractivity contribution in [1.82, 2.24) is 4.90 Å². The van der Waals surface area contributed by atoms with Gasteiger partial charge in [-0.25, -0.2) is 4.79 Å². The molecule has 2 N–H and O–H groups in total. The van der Waals surface area contributed by atoms with Gasteiger partial charge in [0.05, 0.1) is 23.4 Å². The van der Waals surface area contributed by atoms with Crippen LogP contribution in [0.3, 0.4) is 0 Å². The van der Waals surface area contributed by atoms with Crippen molar-refractivity contribution < 1.29 is 9.53 Å². The van der Waals surface area contributed by atoms with Crippen LogP contribution in [0.25, 0.3) is 0 Å². The monoisotopic (exact) mass is 297 g/mol. The fourth-order valence-electron chi connectivity index (χ4n) is 2.46. The largest absolute Gasteiger partial charge is 0.465 e. The van der Waals surface area contributed by atoms with Crippen LogP contribution in [0.4, 0.5) is 11.4 Å². The lowest BCUT2D eigenvalue weighted by molar-refractivity contribution is 0.0601. The Labute approximate surface area is 124 Å². The number of nitrogens with zero attached hydrogens (tertiary/aromatic N) is 2. The smallest absolute Gasteiger partial charge is 0.340 e. The van der Waals surface area contributed by atoms with Gasteiger partial charge in [-0.15, -0.1) is 0 Å². The predicted octanol–water partition coefficient (Wildman–Crippen LogP) is 1.85. The lowest BCUT2D eigenvalue weighted by atomic mass is 10.1. The SMILES string of the molecule is COC(=O)c1cc(N)cc(Cl)c1N1CCN(C)C(C)C1. The van der Waals surface area contributed by atoms with Gasteiger partial charge >= 0.3 is 5.97 Å². The molecule has 6 heteroatoms. The van der Waals surface area contributed by atoms with Crippen LogP contribution in [0.1, 0.15) is 17.3 Å². The van der Waals surface area contributed by atoms with E-state index in [1.54, 1.807) is 12.1 Å². The molecule has 1 fully saturated rings. The summed E-state index contributed by atoms with van der Waals surface area (Å²) in [7, 11) is 3.45. The summed E-state index contributed by atoms with van der Waals surface area (Å²) < 4.78 is 4.84. The molecule has 0 amide bonds. The van der Waals surface area contributed by atoms with Crippen molar-refractivity contribution in [2.45, 2.75) is 13.0 Å². The van der Waals surface area contributed by atoms with Crippen molar-refractivity contribution in [3.05, 3.63) is 22.7 Å². The summed E-state index contributed by atoms with van der Waals surface area (Å²) >= 11 is 6.31. The number of ether oxygens (including phenoxy) is 1. The molecule has 0 aliphatic carbocycles. The number of piperazine rings is 1. The maximum Gasteiger partial charge on any atom is 0.340 e. The van der Waals surface area contributed by atoms with E-state index in [2.05, 4.69) is 23.8 Å². The molecule has 0 radical (unpaired) electrons. The predicted molar refractivity (Wildman–Crippen MR) is 81.5 cm³/mol. The summed E-state index contributed by atoms with van der Waals surface area (Å²) in [6.07, 6.45) is 0. The quantitative estimate of drug-likeness (QED) is 0.667. The summed E-state index contributed by atoms with van der Waals surface area (Å²) in [6.45, 7) is 4.69. The topological polar surface area (TPSA) is 58.8 Å². The van der Waals surface area contributed by atoms with Gasteiger partial charge < -0.3 is 20.3 Å². The van der Waals surface area contributed by atoms with Crippen LogP contribution in [0.15, 0.2) is 12.1 Å². The van der Waals surface area contributed by atoms with Gasteiger partial charge in [-0.2, -0.15) is 0 Å². The van der Waals surface area contributed by atoms with E-state index < -0.39 is 5.97 Å². The van der Waals surface area contributed by atoms with Gasteiger partial charge in [0.1, 0.15) is 0 Å². The van der Waals surface area contributed by atoms with E-state index >= 15 is 0 Å². The molecule has 0 bridgehead atoms. The number of methoxy groups -OCH3 is 1. The molecule has 1 unspecified atom stereocenters. The Hall–Kier alpha value is -1.46. The average molecular weight is 298 g/mol. The van der Waals surface area contributed by atoms with Crippen LogP contribution in [0.5, 0.6) is 0 Å². The Morgan fingerprint density at radius 3 is 2.75 bits per heavy atom. The van der Waals surface area contributed by atoms with Crippen molar-refractivity contribution in [1.29, 1.82) is 0 Å². The van der Waals surface area contributed by atoms with Crippen molar-refractivity contribution in [3.63, 3.8) is 0 Å². The van der Waals surface area contributed by atoms with Crippen LogP contribution in [-0.4, -0.2) is 50.7 Å². The zero-order valence-corrected chi connectivity index (χ0v) is 12.8. The number of benzene rings is 1. The number of esters is 1. The first-order chi connectivity index (χ1) is 9.43. The van der Waals surface area contributed by atoms with Gasteiger partial charge in [0.2, 0.25) is 0 Å². The molecule has 0 aromatic heterocycles. The minimum Gasteiger partial charge on any atom is -0.465 e. The van der Waals surface area contributed by atoms with Crippen molar-refractivity contribution in [2.24, 2.45) is 0 Å². The van der Waals surface area contributed by atoms with Gasteiger partial charge in [-0.3, -0.25) is 0 Å². The highest BCUT2D eigenvalue weighted by atomic mass is 35.5. The maximum absolute atomic E-state index is 12.0. The summed E-state index contributed by atoms with van der Waals surface area (Å²) in [4.78, 5) is 16.4. The first-order valence-corrected chi connectivity index (χ1v) is 6.94. The Morgan fingerprint density at radius 1 is 1.45 bits per heavy atom. The molecule has 1 atom stereocenters. The summed E-state index contributed by atoms with van der Waals surface area (Å²) in [6, 6.07) is 3.69. The van der Waals surface area contributed by atoms with Gasteiger partial charge in [0.25, 0.3) is 0 Å². The number of hydrogen-bond acceptors (Lipinski definition) is 5. The van der Waals surface area contributed by atoms with Crippen LogP contribution in [-0.2, 0) is 4.74 Å². The van der Waals surface area contributed by atoms with Crippen LogP contribution < -0.4 is 10.6 Å². The molecule has 1 heterocycles. The zero-order valence-electron chi connectivity index (χ0n) is 12.0. The molecule has 1 aliphatic rings. The summed E-state index contributed by atoms with van der Waals surface area (Å²) in [5.41, 5.74) is 7.38. The van der Waals surface area contributed by atoms with Crippen molar-refractivity contribution >= 4 is 28.9 Å². The van der Waals surface area contributed by atoms with E-state index in [1.807, 2.05) is 0 Å². The third kappa shape index (κ3) is 2.83. The number of halogens is 1. The molecule has 110 valence electrons. The van der Waals surface area contributed by atoms with Crippen molar-refractivity contribution in [2.75, 3.05) is 44.4 Å². The molecule has 0 spiro atoms. The number of nitrogen functional groups attached to an aromatic ring is 1. The van der Waals surface area contributed by atoms with Gasteiger partial charge in [0.15, 0.2) is 0 Å². The Morgan fingerprint density at radius 2 is 2.15 bits per heavy atom. The van der Waals surface area contributed by atoms with E-state index in [9.17, 15) is 4.79 Å². The molecule has 20 heavy (non-hydrogen) atoms. The van der Waals surface area contributed by atoms with Crippen molar-refractivity contribution in [3.8, 4) is 0 Å². The minimum atomic E-state index is -0.416.